The van der Waals surface area contributed by atoms with Crippen molar-refractivity contribution in [3.05, 3.63) is 53.5 Å². The summed E-state index contributed by atoms with van der Waals surface area (Å²) in [6.07, 6.45) is 1.93. The van der Waals surface area contributed by atoms with Gasteiger partial charge in [0, 0.05) is 6.42 Å². The second-order valence-electron chi connectivity index (χ2n) is 7.22. The van der Waals surface area contributed by atoms with E-state index in [9.17, 15) is 9.59 Å². The third-order valence-electron chi connectivity index (χ3n) is 4.96. The van der Waals surface area contributed by atoms with Gasteiger partial charge in [-0.25, -0.2) is 4.98 Å². The molecule has 140 valence electrons. The number of rotatable bonds is 7. The fourth-order valence-electron chi connectivity index (χ4n) is 3.18. The molecular formula is C22H19N3O2S. The van der Waals surface area contributed by atoms with E-state index in [1.54, 1.807) is 0 Å². The quantitative estimate of drug-likeness (QED) is 0.665. The van der Waals surface area contributed by atoms with Crippen molar-refractivity contribution in [2.24, 2.45) is 5.41 Å². The molecule has 1 aliphatic carbocycles. The summed E-state index contributed by atoms with van der Waals surface area (Å²) in [4.78, 5) is 28.7. The van der Waals surface area contributed by atoms with E-state index in [1.807, 2.05) is 30.3 Å². The molecule has 0 saturated heterocycles. The van der Waals surface area contributed by atoms with E-state index in [4.69, 9.17) is 5.26 Å². The van der Waals surface area contributed by atoms with Gasteiger partial charge in [-0.1, -0.05) is 36.4 Å². The van der Waals surface area contributed by atoms with E-state index >= 15 is 0 Å². The Morgan fingerprint density at radius 3 is 2.64 bits per heavy atom. The van der Waals surface area contributed by atoms with E-state index in [0.29, 0.717) is 0 Å². The molecule has 4 rings (SSSR count). The van der Waals surface area contributed by atoms with Crippen LogP contribution in [0.25, 0.3) is 21.3 Å². The minimum absolute atomic E-state index is 0.0225. The average molecular weight is 389 g/mol. The number of nitrogens with zero attached hydrogens (tertiary/aromatic N) is 2. The summed E-state index contributed by atoms with van der Waals surface area (Å²) in [5.41, 5.74) is 2.62. The van der Waals surface area contributed by atoms with Crippen LogP contribution in [0.15, 0.2) is 48.5 Å². The van der Waals surface area contributed by atoms with E-state index < -0.39 is 5.41 Å². The Balaban J connectivity index is 1.37. The Kier molecular flexibility index (Phi) is 4.93. The van der Waals surface area contributed by atoms with Gasteiger partial charge in [0.25, 0.3) is 0 Å². The smallest absolute Gasteiger partial charge is 0.227 e. The van der Waals surface area contributed by atoms with Crippen molar-refractivity contribution >= 4 is 33.2 Å². The van der Waals surface area contributed by atoms with Gasteiger partial charge in [0.1, 0.15) is 5.01 Å². The third kappa shape index (κ3) is 4.10. The lowest BCUT2D eigenvalue weighted by Gasteiger charge is -2.06. The van der Waals surface area contributed by atoms with Gasteiger partial charge in [-0.05, 0) is 36.1 Å². The van der Waals surface area contributed by atoms with Crippen molar-refractivity contribution in [1.82, 2.24) is 10.3 Å². The molecule has 3 aromatic rings. The van der Waals surface area contributed by atoms with Crippen LogP contribution in [0, 0.1) is 16.7 Å². The number of ketones is 1. The average Bonchev–Trinajstić information content (AvgIpc) is 3.36. The van der Waals surface area contributed by atoms with Crippen LogP contribution in [-0.2, 0) is 16.0 Å². The molecule has 1 saturated carbocycles. The van der Waals surface area contributed by atoms with Gasteiger partial charge in [-0.3, -0.25) is 9.59 Å². The topological polar surface area (TPSA) is 82.9 Å². The highest BCUT2D eigenvalue weighted by atomic mass is 32.1. The molecule has 0 aliphatic heterocycles. The Morgan fingerprint density at radius 1 is 1.14 bits per heavy atom. The fourth-order valence-corrected chi connectivity index (χ4v) is 4.12. The van der Waals surface area contributed by atoms with Gasteiger partial charge >= 0.3 is 0 Å². The first-order valence-corrected chi connectivity index (χ1v) is 10.0. The van der Waals surface area contributed by atoms with Crippen molar-refractivity contribution in [3.63, 3.8) is 0 Å². The first-order chi connectivity index (χ1) is 13.6. The molecule has 1 heterocycles. The number of benzene rings is 2. The number of nitriles is 1. The number of carbonyl (C=O) groups is 2. The first kappa shape index (κ1) is 18.3. The molecule has 0 spiro atoms. The van der Waals surface area contributed by atoms with Crippen LogP contribution in [0.3, 0.4) is 0 Å². The molecule has 1 N–H and O–H groups in total. The summed E-state index contributed by atoms with van der Waals surface area (Å²) in [5.74, 6) is -0.318. The molecule has 6 heteroatoms. The molecule has 0 bridgehead atoms. The summed E-state index contributed by atoms with van der Waals surface area (Å²) in [5, 5.41) is 12.4. The SMILES string of the molecule is N#CC1(CC(=O)CNC(=O)Cc2nc3cc(-c4ccccc4)ccc3s2)CC1. The molecule has 0 atom stereocenters. The maximum absolute atomic E-state index is 12.2. The highest BCUT2D eigenvalue weighted by Gasteiger charge is 2.44. The van der Waals surface area contributed by atoms with Crippen molar-refractivity contribution in [1.29, 1.82) is 5.26 Å². The molecule has 0 radical (unpaired) electrons. The Bertz CT molecular complexity index is 1080. The monoisotopic (exact) mass is 389 g/mol. The first-order valence-electron chi connectivity index (χ1n) is 9.21. The zero-order valence-corrected chi connectivity index (χ0v) is 16.1. The van der Waals surface area contributed by atoms with Gasteiger partial charge in [-0.15, -0.1) is 11.3 Å². The van der Waals surface area contributed by atoms with E-state index in [1.165, 1.54) is 11.3 Å². The second kappa shape index (κ2) is 7.53. The summed E-state index contributed by atoms with van der Waals surface area (Å²) < 4.78 is 1.03. The van der Waals surface area contributed by atoms with E-state index in [0.717, 1.165) is 39.2 Å². The number of hydrogen-bond acceptors (Lipinski definition) is 5. The molecule has 2 aromatic carbocycles. The number of thiazole rings is 1. The maximum atomic E-state index is 12.2. The van der Waals surface area contributed by atoms with Crippen molar-refractivity contribution in [3.8, 4) is 17.2 Å². The van der Waals surface area contributed by atoms with Gasteiger partial charge in [0.2, 0.25) is 5.91 Å². The van der Waals surface area contributed by atoms with Gasteiger partial charge in [0.15, 0.2) is 5.78 Å². The maximum Gasteiger partial charge on any atom is 0.227 e. The second-order valence-corrected chi connectivity index (χ2v) is 8.33. The van der Waals surface area contributed by atoms with E-state index in [2.05, 4.69) is 34.6 Å². The van der Waals surface area contributed by atoms with Crippen LogP contribution >= 0.6 is 11.3 Å². The summed E-state index contributed by atoms with van der Waals surface area (Å²) >= 11 is 1.49. The molecule has 0 unspecified atom stereocenters. The van der Waals surface area contributed by atoms with Crippen LogP contribution in [0.4, 0.5) is 0 Å². The number of fused-ring (bicyclic) bond motifs is 1. The molecule has 1 aliphatic rings. The predicted molar refractivity (Wildman–Crippen MR) is 109 cm³/mol. The zero-order chi connectivity index (χ0) is 19.6. The van der Waals surface area contributed by atoms with Crippen LogP contribution in [0.2, 0.25) is 0 Å². The minimum Gasteiger partial charge on any atom is -0.349 e. The molecule has 1 amide bonds. The lowest BCUT2D eigenvalue weighted by molar-refractivity contribution is -0.125. The third-order valence-corrected chi connectivity index (χ3v) is 6.00. The van der Waals surface area contributed by atoms with Gasteiger partial charge in [0.05, 0.1) is 34.7 Å². The normalized spacial score (nSPS) is 14.4. The van der Waals surface area contributed by atoms with Crippen molar-refractivity contribution < 1.29 is 9.59 Å². The highest BCUT2D eigenvalue weighted by Crippen LogP contribution is 2.48. The summed E-state index contributed by atoms with van der Waals surface area (Å²) in [7, 11) is 0. The number of amides is 1. The standard InChI is InChI=1S/C22H19N3O2S/c23-14-22(8-9-22)12-17(26)13-24-20(27)11-21-25-18-10-16(6-7-19(18)28-21)15-4-2-1-3-5-15/h1-7,10H,8-9,11-13H2,(H,24,27). The van der Waals surface area contributed by atoms with Crippen LogP contribution in [0.5, 0.6) is 0 Å². The largest absolute Gasteiger partial charge is 0.349 e. The number of carbonyl (C=O) groups excluding carboxylic acids is 2. The molecule has 1 aromatic heterocycles. The number of hydrogen-bond donors (Lipinski definition) is 1. The number of aromatic nitrogens is 1. The van der Waals surface area contributed by atoms with Gasteiger partial charge in [-0.2, -0.15) is 5.26 Å². The van der Waals surface area contributed by atoms with E-state index in [-0.39, 0.29) is 31.1 Å². The lowest BCUT2D eigenvalue weighted by Crippen LogP contribution is -2.31. The Hall–Kier alpha value is -3.04. The Morgan fingerprint density at radius 2 is 1.93 bits per heavy atom. The molecule has 28 heavy (non-hydrogen) atoms. The van der Waals surface area contributed by atoms with Crippen LogP contribution in [-0.4, -0.2) is 23.2 Å². The summed E-state index contributed by atoms with van der Waals surface area (Å²) in [6.45, 7) is -0.0225. The summed E-state index contributed by atoms with van der Waals surface area (Å²) in [6, 6.07) is 18.4. The van der Waals surface area contributed by atoms with Gasteiger partial charge < -0.3 is 5.32 Å². The van der Waals surface area contributed by atoms with Crippen molar-refractivity contribution in [2.45, 2.75) is 25.7 Å². The van der Waals surface area contributed by atoms with Crippen LogP contribution in [0.1, 0.15) is 24.3 Å². The Labute approximate surface area is 167 Å². The minimum atomic E-state index is -0.467. The fraction of sp³-hybridized carbons (Fsp3) is 0.273. The zero-order valence-electron chi connectivity index (χ0n) is 15.3. The lowest BCUT2D eigenvalue weighted by atomic mass is 10.0. The van der Waals surface area contributed by atoms with Crippen LogP contribution < -0.4 is 5.32 Å². The highest BCUT2D eigenvalue weighted by molar-refractivity contribution is 7.18. The predicted octanol–water partition coefficient (Wildman–Crippen LogP) is 3.88. The molecule has 1 fully saturated rings. The molecular weight excluding hydrogens is 370 g/mol. The molecule has 5 nitrogen and oxygen atoms in total. The van der Waals surface area contributed by atoms with Crippen molar-refractivity contribution in [2.75, 3.05) is 6.54 Å². The number of Topliss-reactive ketones (excluding diaryl/α,β-unsaturated/α-hetero) is 1. The number of nitrogens with one attached hydrogen (secondary N) is 1.